The van der Waals surface area contributed by atoms with Crippen molar-refractivity contribution in [2.45, 2.75) is 11.3 Å². The molecule has 1 aromatic rings. The lowest BCUT2D eigenvalue weighted by atomic mass is 10.4. The Kier molecular flexibility index (Phi) is 5.29. The van der Waals surface area contributed by atoms with E-state index in [-0.39, 0.29) is 5.97 Å². The van der Waals surface area contributed by atoms with Crippen molar-refractivity contribution in [1.82, 2.24) is 0 Å². The summed E-state index contributed by atoms with van der Waals surface area (Å²) < 4.78 is 4.53. The number of carbonyl (C=O) groups excluding carboxylic acids is 1. The number of ether oxygens (including phenoxy) is 1. The Morgan fingerprint density at radius 1 is 1.47 bits per heavy atom. The standard InChI is InChI=1S/C10H10Cl2O2S/c1-14-9(13)5-6-15-8-4-2-3-7(11)10(8)12/h2-4H,5-6H2,1H3. The number of carbonyl (C=O) groups is 1. The van der Waals surface area contributed by atoms with Crippen LogP contribution in [0.2, 0.25) is 10.0 Å². The predicted octanol–water partition coefficient (Wildman–Crippen LogP) is 3.65. The molecule has 0 radical (unpaired) electrons. The van der Waals surface area contributed by atoms with Crippen molar-refractivity contribution < 1.29 is 9.53 Å². The maximum absolute atomic E-state index is 10.9. The molecule has 0 aromatic heterocycles. The van der Waals surface area contributed by atoms with Crippen LogP contribution >= 0.6 is 35.0 Å². The lowest BCUT2D eigenvalue weighted by Gasteiger charge is -2.04. The van der Waals surface area contributed by atoms with E-state index in [1.807, 2.05) is 12.1 Å². The van der Waals surface area contributed by atoms with Gasteiger partial charge < -0.3 is 4.74 Å². The van der Waals surface area contributed by atoms with E-state index in [0.717, 1.165) is 4.90 Å². The molecule has 0 atom stereocenters. The number of hydrogen-bond donors (Lipinski definition) is 0. The molecule has 15 heavy (non-hydrogen) atoms. The summed E-state index contributed by atoms with van der Waals surface area (Å²) in [5, 5.41) is 1.06. The van der Waals surface area contributed by atoms with Crippen molar-refractivity contribution in [3.05, 3.63) is 28.2 Å². The van der Waals surface area contributed by atoms with Gasteiger partial charge in [0.05, 0.1) is 23.6 Å². The minimum atomic E-state index is -0.222. The van der Waals surface area contributed by atoms with Crippen LogP contribution in [0, 0.1) is 0 Å². The number of methoxy groups -OCH3 is 1. The van der Waals surface area contributed by atoms with Crippen LogP contribution in [0.1, 0.15) is 6.42 Å². The van der Waals surface area contributed by atoms with E-state index in [0.29, 0.717) is 22.2 Å². The van der Waals surface area contributed by atoms with Gasteiger partial charge in [-0.1, -0.05) is 29.3 Å². The molecule has 0 unspecified atom stereocenters. The van der Waals surface area contributed by atoms with Crippen molar-refractivity contribution in [2.75, 3.05) is 12.9 Å². The molecule has 0 bridgehead atoms. The van der Waals surface area contributed by atoms with Gasteiger partial charge in [-0.05, 0) is 12.1 Å². The highest BCUT2D eigenvalue weighted by atomic mass is 35.5. The van der Waals surface area contributed by atoms with Crippen LogP contribution in [0.5, 0.6) is 0 Å². The van der Waals surface area contributed by atoms with Crippen molar-refractivity contribution in [1.29, 1.82) is 0 Å². The van der Waals surface area contributed by atoms with E-state index < -0.39 is 0 Å². The molecular formula is C10H10Cl2O2S. The Labute approximate surface area is 103 Å². The molecule has 2 nitrogen and oxygen atoms in total. The van der Waals surface area contributed by atoms with Crippen LogP contribution in [0.3, 0.4) is 0 Å². The molecule has 1 aromatic carbocycles. The summed E-state index contributed by atoms with van der Waals surface area (Å²) in [5.74, 6) is 0.410. The number of halogens is 2. The first kappa shape index (κ1) is 12.7. The Hall–Kier alpha value is -0.380. The molecule has 0 aliphatic rings. The maximum atomic E-state index is 10.9. The molecule has 82 valence electrons. The highest BCUT2D eigenvalue weighted by molar-refractivity contribution is 7.99. The number of rotatable bonds is 4. The molecular weight excluding hydrogens is 255 g/mol. The molecule has 0 heterocycles. The first-order valence-electron chi connectivity index (χ1n) is 4.28. The van der Waals surface area contributed by atoms with E-state index in [4.69, 9.17) is 23.2 Å². The van der Waals surface area contributed by atoms with E-state index in [1.165, 1.54) is 18.9 Å². The Morgan fingerprint density at radius 3 is 2.87 bits per heavy atom. The van der Waals surface area contributed by atoms with Gasteiger partial charge in [-0.3, -0.25) is 4.79 Å². The zero-order chi connectivity index (χ0) is 11.3. The predicted molar refractivity (Wildman–Crippen MR) is 63.8 cm³/mol. The van der Waals surface area contributed by atoms with Crippen molar-refractivity contribution >= 4 is 40.9 Å². The number of thioether (sulfide) groups is 1. The SMILES string of the molecule is COC(=O)CCSc1cccc(Cl)c1Cl. The van der Waals surface area contributed by atoms with Crippen molar-refractivity contribution in [3.8, 4) is 0 Å². The average Bonchev–Trinajstić information content (AvgIpc) is 2.24. The third-order valence-electron chi connectivity index (χ3n) is 1.71. The van der Waals surface area contributed by atoms with Crippen LogP contribution in [0.25, 0.3) is 0 Å². The highest BCUT2D eigenvalue weighted by Crippen LogP contribution is 2.32. The van der Waals surface area contributed by atoms with Gasteiger partial charge in [0.15, 0.2) is 0 Å². The van der Waals surface area contributed by atoms with Gasteiger partial charge in [0.25, 0.3) is 0 Å². The second-order valence-electron chi connectivity index (χ2n) is 2.73. The minimum Gasteiger partial charge on any atom is -0.469 e. The van der Waals surface area contributed by atoms with Gasteiger partial charge in [-0.25, -0.2) is 0 Å². The zero-order valence-electron chi connectivity index (χ0n) is 8.13. The normalized spacial score (nSPS) is 10.1. The molecule has 0 saturated heterocycles. The molecule has 0 spiro atoms. The highest BCUT2D eigenvalue weighted by Gasteiger charge is 2.06. The van der Waals surface area contributed by atoms with Gasteiger partial charge in [0.2, 0.25) is 0 Å². The van der Waals surface area contributed by atoms with Gasteiger partial charge >= 0.3 is 5.97 Å². The van der Waals surface area contributed by atoms with Gasteiger partial charge in [0.1, 0.15) is 0 Å². The topological polar surface area (TPSA) is 26.3 Å². The summed E-state index contributed by atoms with van der Waals surface area (Å²) in [6.07, 6.45) is 0.365. The lowest BCUT2D eigenvalue weighted by molar-refractivity contribution is -0.140. The van der Waals surface area contributed by atoms with E-state index in [1.54, 1.807) is 6.07 Å². The van der Waals surface area contributed by atoms with Crippen molar-refractivity contribution in [2.24, 2.45) is 0 Å². The first-order chi connectivity index (χ1) is 7.15. The molecule has 0 aliphatic heterocycles. The largest absolute Gasteiger partial charge is 0.469 e. The third-order valence-corrected chi connectivity index (χ3v) is 3.70. The van der Waals surface area contributed by atoms with Gasteiger partial charge in [-0.2, -0.15) is 0 Å². The number of benzene rings is 1. The van der Waals surface area contributed by atoms with E-state index in [2.05, 4.69) is 4.74 Å². The van der Waals surface area contributed by atoms with Crippen LogP contribution in [0.4, 0.5) is 0 Å². The molecule has 0 fully saturated rings. The number of esters is 1. The second kappa shape index (κ2) is 6.26. The molecule has 0 saturated carbocycles. The molecule has 0 N–H and O–H groups in total. The maximum Gasteiger partial charge on any atom is 0.306 e. The Bertz CT molecular complexity index is 355. The molecule has 0 amide bonds. The fourth-order valence-electron chi connectivity index (χ4n) is 0.942. The molecule has 0 aliphatic carbocycles. The fraction of sp³-hybridized carbons (Fsp3) is 0.300. The average molecular weight is 265 g/mol. The van der Waals surface area contributed by atoms with E-state index >= 15 is 0 Å². The summed E-state index contributed by atoms with van der Waals surface area (Å²) in [5.41, 5.74) is 0. The van der Waals surface area contributed by atoms with E-state index in [9.17, 15) is 4.79 Å². The lowest BCUT2D eigenvalue weighted by Crippen LogP contribution is -2.00. The summed E-state index contributed by atoms with van der Waals surface area (Å²) in [7, 11) is 1.37. The monoisotopic (exact) mass is 264 g/mol. The van der Waals surface area contributed by atoms with Crippen LogP contribution in [0.15, 0.2) is 23.1 Å². The molecule has 1 rings (SSSR count). The first-order valence-corrected chi connectivity index (χ1v) is 6.03. The van der Waals surface area contributed by atoms with Gasteiger partial charge in [0, 0.05) is 10.6 Å². The third kappa shape index (κ3) is 3.93. The Balaban J connectivity index is 2.51. The second-order valence-corrected chi connectivity index (χ2v) is 4.65. The van der Waals surface area contributed by atoms with Crippen LogP contribution < -0.4 is 0 Å². The summed E-state index contributed by atoms with van der Waals surface area (Å²) in [6, 6.07) is 5.43. The summed E-state index contributed by atoms with van der Waals surface area (Å²) in [6.45, 7) is 0. The van der Waals surface area contributed by atoms with Crippen LogP contribution in [-0.4, -0.2) is 18.8 Å². The van der Waals surface area contributed by atoms with Crippen molar-refractivity contribution in [3.63, 3.8) is 0 Å². The summed E-state index contributed by atoms with van der Waals surface area (Å²) in [4.78, 5) is 11.7. The van der Waals surface area contributed by atoms with Crippen LogP contribution in [-0.2, 0) is 9.53 Å². The fourth-order valence-corrected chi connectivity index (χ4v) is 2.36. The Morgan fingerprint density at radius 2 is 2.20 bits per heavy atom. The minimum absolute atomic E-state index is 0.222. The van der Waals surface area contributed by atoms with Gasteiger partial charge in [-0.15, -0.1) is 11.8 Å². The summed E-state index contributed by atoms with van der Waals surface area (Å²) >= 11 is 13.3. The zero-order valence-corrected chi connectivity index (χ0v) is 10.5. The quantitative estimate of drug-likeness (QED) is 0.614. The number of hydrogen-bond acceptors (Lipinski definition) is 3. The smallest absolute Gasteiger partial charge is 0.306 e. The molecule has 5 heteroatoms.